The molecule has 146 valence electrons. The van der Waals surface area contributed by atoms with Crippen molar-refractivity contribution in [3.63, 3.8) is 0 Å². The molecule has 0 amide bonds. The fourth-order valence-electron chi connectivity index (χ4n) is 3.27. The van der Waals surface area contributed by atoms with Gasteiger partial charge < -0.3 is 0 Å². The summed E-state index contributed by atoms with van der Waals surface area (Å²) in [5, 5.41) is 14.1. The zero-order valence-corrected chi connectivity index (χ0v) is 17.5. The molecule has 0 unspecified atom stereocenters. The van der Waals surface area contributed by atoms with Crippen LogP contribution in [0.15, 0.2) is 47.6 Å². The number of rotatable bonds is 3. The first-order valence-electron chi connectivity index (χ1n) is 8.67. The van der Waals surface area contributed by atoms with Crippen molar-refractivity contribution < 1.29 is 8.42 Å². The molecule has 0 bridgehead atoms. The summed E-state index contributed by atoms with van der Waals surface area (Å²) < 4.78 is 30.0. The molecule has 4 aromatic rings. The first-order valence-corrected chi connectivity index (χ1v) is 10.5. The van der Waals surface area contributed by atoms with E-state index in [0.717, 1.165) is 5.56 Å². The third kappa shape index (κ3) is 2.99. The minimum absolute atomic E-state index is 0.130. The number of aromatic nitrogens is 4. The zero-order chi connectivity index (χ0) is 20.9. The van der Waals surface area contributed by atoms with Gasteiger partial charge in [0.15, 0.2) is 5.65 Å². The Balaban J connectivity index is 2.12. The van der Waals surface area contributed by atoms with Crippen LogP contribution in [0.3, 0.4) is 0 Å². The zero-order valence-electron chi connectivity index (χ0n) is 15.9. The van der Waals surface area contributed by atoms with Crippen LogP contribution in [0.25, 0.3) is 22.3 Å². The molecule has 3 aromatic heterocycles. The molecule has 0 atom stereocenters. The Kier molecular flexibility index (Phi) is 4.45. The predicted octanol–water partition coefficient (Wildman–Crippen LogP) is 3.82. The Morgan fingerprint density at radius 3 is 2.45 bits per heavy atom. The van der Waals surface area contributed by atoms with E-state index in [0.29, 0.717) is 22.3 Å². The number of benzene rings is 1. The second kappa shape index (κ2) is 6.72. The number of hydrogen-bond acceptors (Lipinski definition) is 5. The molecule has 3 heterocycles. The molecule has 9 heteroatoms. The van der Waals surface area contributed by atoms with Crippen molar-refractivity contribution in [2.75, 3.05) is 0 Å². The van der Waals surface area contributed by atoms with Crippen LogP contribution in [-0.4, -0.2) is 27.2 Å². The summed E-state index contributed by atoms with van der Waals surface area (Å²) in [5.74, 6) is 0. The quantitative estimate of drug-likeness (QED) is 0.497. The number of hydrogen-bond donors (Lipinski definition) is 0. The average Bonchev–Trinajstić information content (AvgIpc) is 3.22. The SMILES string of the molecule is Cc1ccc(S(=O)(=O)n2c(-c3cn(C)nc3C)cc3c(Cl)c(C#N)cnc32)cc1. The highest BCUT2D eigenvalue weighted by atomic mass is 35.5. The topological polar surface area (TPSA) is 93.6 Å². The van der Waals surface area contributed by atoms with Crippen LogP contribution in [0.4, 0.5) is 0 Å². The van der Waals surface area contributed by atoms with Crippen molar-refractivity contribution in [2.45, 2.75) is 18.7 Å². The van der Waals surface area contributed by atoms with Gasteiger partial charge in [-0.25, -0.2) is 17.4 Å². The number of nitrogens with zero attached hydrogens (tertiary/aromatic N) is 5. The first kappa shape index (κ1) is 19.2. The van der Waals surface area contributed by atoms with Gasteiger partial charge in [0.2, 0.25) is 0 Å². The van der Waals surface area contributed by atoms with Crippen LogP contribution >= 0.6 is 11.6 Å². The normalized spacial score (nSPS) is 11.7. The lowest BCUT2D eigenvalue weighted by Gasteiger charge is -2.11. The number of aryl methyl sites for hydroxylation is 3. The Labute approximate surface area is 172 Å². The molecule has 0 saturated carbocycles. The monoisotopic (exact) mass is 425 g/mol. The molecule has 0 fully saturated rings. The summed E-state index contributed by atoms with van der Waals surface area (Å²) in [6.07, 6.45) is 3.02. The molecule has 0 spiro atoms. The third-order valence-electron chi connectivity index (χ3n) is 4.69. The minimum atomic E-state index is -3.99. The van der Waals surface area contributed by atoms with Crippen LogP contribution in [0.5, 0.6) is 0 Å². The Bertz CT molecular complexity index is 1410. The van der Waals surface area contributed by atoms with E-state index < -0.39 is 10.0 Å². The van der Waals surface area contributed by atoms with E-state index in [2.05, 4.69) is 10.1 Å². The highest BCUT2D eigenvalue weighted by molar-refractivity contribution is 7.90. The molecule has 1 aromatic carbocycles. The average molecular weight is 426 g/mol. The van der Waals surface area contributed by atoms with E-state index in [1.807, 2.05) is 13.0 Å². The van der Waals surface area contributed by atoms with E-state index in [1.165, 1.54) is 10.2 Å². The van der Waals surface area contributed by atoms with Crippen molar-refractivity contribution >= 4 is 32.7 Å². The number of pyridine rings is 1. The molecular formula is C20H16ClN5O2S. The molecule has 0 aliphatic heterocycles. The van der Waals surface area contributed by atoms with Crippen LogP contribution in [0.2, 0.25) is 5.02 Å². The van der Waals surface area contributed by atoms with Crippen molar-refractivity contribution in [1.29, 1.82) is 5.26 Å². The van der Waals surface area contributed by atoms with Gasteiger partial charge in [-0.2, -0.15) is 10.4 Å². The molecule has 7 nitrogen and oxygen atoms in total. The molecule has 29 heavy (non-hydrogen) atoms. The van der Waals surface area contributed by atoms with Crippen LogP contribution in [-0.2, 0) is 17.1 Å². The van der Waals surface area contributed by atoms with Gasteiger partial charge in [-0.3, -0.25) is 4.68 Å². The van der Waals surface area contributed by atoms with Crippen LogP contribution in [0.1, 0.15) is 16.8 Å². The second-order valence-electron chi connectivity index (χ2n) is 6.75. The van der Waals surface area contributed by atoms with Crippen LogP contribution in [0, 0.1) is 25.2 Å². The third-order valence-corrected chi connectivity index (χ3v) is 6.82. The maximum absolute atomic E-state index is 13.6. The van der Waals surface area contributed by atoms with Crippen molar-refractivity contribution in [3.8, 4) is 17.3 Å². The van der Waals surface area contributed by atoms with E-state index >= 15 is 0 Å². The van der Waals surface area contributed by atoms with Gasteiger partial charge in [0.05, 0.1) is 26.9 Å². The molecular weight excluding hydrogens is 410 g/mol. The molecule has 0 radical (unpaired) electrons. The summed E-state index contributed by atoms with van der Waals surface area (Å²) in [7, 11) is -2.23. The fourth-order valence-corrected chi connectivity index (χ4v) is 4.97. The molecule has 0 aliphatic carbocycles. The van der Waals surface area contributed by atoms with Gasteiger partial charge in [0.25, 0.3) is 10.0 Å². The van der Waals surface area contributed by atoms with Crippen molar-refractivity contribution in [1.82, 2.24) is 18.7 Å². The Hall–Kier alpha value is -3.15. The summed E-state index contributed by atoms with van der Waals surface area (Å²) in [5.41, 5.74) is 2.97. The fraction of sp³-hybridized carbons (Fsp3) is 0.150. The van der Waals surface area contributed by atoms with Crippen molar-refractivity contribution in [3.05, 3.63) is 64.6 Å². The minimum Gasteiger partial charge on any atom is -0.275 e. The molecule has 0 aliphatic rings. The van der Waals surface area contributed by atoms with Gasteiger partial charge in [0.1, 0.15) is 6.07 Å². The lowest BCUT2D eigenvalue weighted by atomic mass is 10.2. The standard InChI is InChI=1S/C20H16ClN5O2S/c1-12-4-6-15(7-5-12)29(27,28)26-18(17-11-25(3)24-13(17)2)8-16-19(21)14(9-22)10-23-20(16)26/h4-8,10-11H,1-3H3. The summed E-state index contributed by atoms with van der Waals surface area (Å²) in [6.45, 7) is 3.68. The lowest BCUT2D eigenvalue weighted by molar-refractivity contribution is 0.589. The smallest absolute Gasteiger partial charge is 0.269 e. The predicted molar refractivity (Wildman–Crippen MR) is 110 cm³/mol. The lowest BCUT2D eigenvalue weighted by Crippen LogP contribution is -2.15. The number of nitriles is 1. The van der Waals surface area contributed by atoms with E-state index in [9.17, 15) is 13.7 Å². The van der Waals surface area contributed by atoms with Gasteiger partial charge >= 0.3 is 0 Å². The van der Waals surface area contributed by atoms with E-state index in [1.54, 1.807) is 55.2 Å². The van der Waals surface area contributed by atoms with Gasteiger partial charge in [0, 0.05) is 30.4 Å². The highest BCUT2D eigenvalue weighted by Crippen LogP contribution is 2.36. The Morgan fingerprint density at radius 1 is 1.17 bits per heavy atom. The maximum atomic E-state index is 13.6. The largest absolute Gasteiger partial charge is 0.275 e. The number of fused-ring (bicyclic) bond motifs is 1. The summed E-state index contributed by atoms with van der Waals surface area (Å²) in [4.78, 5) is 4.38. The van der Waals surface area contributed by atoms with E-state index in [-0.39, 0.29) is 21.1 Å². The molecule has 0 N–H and O–H groups in total. The highest BCUT2D eigenvalue weighted by Gasteiger charge is 2.27. The van der Waals surface area contributed by atoms with Crippen LogP contribution < -0.4 is 0 Å². The van der Waals surface area contributed by atoms with Crippen molar-refractivity contribution in [2.24, 2.45) is 7.05 Å². The van der Waals surface area contributed by atoms with E-state index in [4.69, 9.17) is 11.6 Å². The maximum Gasteiger partial charge on any atom is 0.269 e. The summed E-state index contributed by atoms with van der Waals surface area (Å²) >= 11 is 6.38. The molecule has 0 saturated heterocycles. The Morgan fingerprint density at radius 2 is 1.86 bits per heavy atom. The van der Waals surface area contributed by atoms with Gasteiger partial charge in [-0.1, -0.05) is 29.3 Å². The first-order chi connectivity index (χ1) is 13.7. The second-order valence-corrected chi connectivity index (χ2v) is 8.91. The number of halogens is 1. The van der Waals surface area contributed by atoms with Gasteiger partial charge in [-0.05, 0) is 32.0 Å². The molecule has 4 rings (SSSR count). The summed E-state index contributed by atoms with van der Waals surface area (Å²) in [6, 6.07) is 10.2. The van der Waals surface area contributed by atoms with Gasteiger partial charge in [-0.15, -0.1) is 0 Å².